The Kier molecular flexibility index (Phi) is 32.7. The van der Waals surface area contributed by atoms with Crippen LogP contribution in [-0.2, 0) is 67.0 Å². The number of nitrogens with one attached hydrogen (secondary N) is 3. The lowest BCUT2D eigenvalue weighted by Crippen LogP contribution is -2.68. The molecule has 26 nitrogen and oxygen atoms in total. The van der Waals surface area contributed by atoms with E-state index < -0.39 is 230 Å². The number of halogens is 8. The second-order valence-corrected chi connectivity index (χ2v) is 32.7. The molecule has 3 aliphatic carbocycles. The maximum Gasteiger partial charge on any atom is 0.397 e. The normalized spacial score (nSPS) is 31.3. The number of hydrogen-bond donors (Lipinski definition) is 3. The van der Waals surface area contributed by atoms with Gasteiger partial charge in [0.05, 0.1) is 44.7 Å². The molecule has 2 bridgehead atoms. The summed E-state index contributed by atoms with van der Waals surface area (Å²) in [5.41, 5.74) is -1.72. The summed E-state index contributed by atoms with van der Waals surface area (Å²) in [6, 6.07) is -11.4. The molecule has 4 saturated heterocycles. The van der Waals surface area contributed by atoms with Gasteiger partial charge >= 0.3 is 12.4 Å². The number of ether oxygens (including phenoxy) is 2. The summed E-state index contributed by atoms with van der Waals surface area (Å²) in [7, 11) is 8.05. The first-order valence-corrected chi connectivity index (χ1v) is 40.1. The van der Waals surface area contributed by atoms with E-state index >= 15 is 51.9 Å². The number of morpholine rings is 1. The van der Waals surface area contributed by atoms with E-state index in [1.807, 2.05) is 27.7 Å². The zero-order valence-electron chi connectivity index (χ0n) is 67.1. The molecule has 7 fully saturated rings. The maximum atomic E-state index is 15.7. The number of rotatable bonds is 15. The molecule has 7 rings (SSSR count). The van der Waals surface area contributed by atoms with Crippen molar-refractivity contribution in [3.63, 3.8) is 0 Å². The van der Waals surface area contributed by atoms with Gasteiger partial charge in [-0.05, 0) is 133 Å². The second-order valence-electron chi connectivity index (χ2n) is 32.7. The molecule has 111 heavy (non-hydrogen) atoms. The zero-order valence-corrected chi connectivity index (χ0v) is 67.1. The number of fused-ring (bicyclic) bond motifs is 3. The van der Waals surface area contributed by atoms with E-state index in [2.05, 4.69) is 16.0 Å². The molecule has 34 heteroatoms. The molecule has 1 spiro atoms. The van der Waals surface area contributed by atoms with Crippen LogP contribution in [0.15, 0.2) is 0 Å². The van der Waals surface area contributed by atoms with E-state index in [1.54, 1.807) is 20.8 Å². The summed E-state index contributed by atoms with van der Waals surface area (Å²) in [6.07, 6.45) is -17.0. The van der Waals surface area contributed by atoms with Gasteiger partial charge in [-0.15, -0.1) is 0 Å². The molecule has 0 aromatic carbocycles. The third-order valence-corrected chi connectivity index (χ3v) is 24.8. The van der Waals surface area contributed by atoms with Crippen LogP contribution in [0.5, 0.6) is 0 Å². The van der Waals surface area contributed by atoms with Gasteiger partial charge in [0.1, 0.15) is 72.1 Å². The summed E-state index contributed by atoms with van der Waals surface area (Å²) in [5, 5.41) is 8.44. The number of nitrogens with zero attached hydrogens (tertiary/aromatic N) is 9. The number of amides is 12. The number of carbonyl (C=O) groups is 12. The van der Waals surface area contributed by atoms with Gasteiger partial charge in [-0.1, -0.05) is 73.6 Å². The van der Waals surface area contributed by atoms with Crippen molar-refractivity contribution in [1.82, 2.24) is 60.0 Å². The topological polar surface area (TPSA) is 289 Å². The molecule has 0 aromatic rings. The van der Waals surface area contributed by atoms with Gasteiger partial charge < -0.3 is 69.5 Å². The SMILES string of the molecule is CCO[C@@H]1C[C@H]2C(=O)NC3(CCC3)C(=O)N(C)[C@@H](C(CC)CC)C(=O)N(C)[C@H](C(=O)N3CCOCC3)CC(=O)N(C)[C@@H](CC(C)C)C(=O)N[C@@H]([C@@H](C)CC)C(=O)N(C)CC(=O)N(C)[C@H]3CCCCCN(C3=O)[C@@H](CC3CCC(C(F)(F)F)CC3)C(=O)N(C)CC(=O)N[C@@H](CCC3CC(F)C(C(F)(F)F)C(F)C3)C(=O)N2C1. The molecule has 0 aromatic heterocycles. The highest BCUT2D eigenvalue weighted by atomic mass is 19.4. The van der Waals surface area contributed by atoms with Crippen molar-refractivity contribution in [2.45, 2.75) is 274 Å². The number of hydrogen-bond acceptors (Lipinski definition) is 14. The van der Waals surface area contributed by atoms with Gasteiger partial charge in [-0.3, -0.25) is 57.5 Å². The third-order valence-electron chi connectivity index (χ3n) is 24.8. The fourth-order valence-corrected chi connectivity index (χ4v) is 17.5. The Labute approximate surface area is 647 Å². The maximum absolute atomic E-state index is 15.7. The minimum atomic E-state index is -5.22. The second kappa shape index (κ2) is 39.8. The molecule has 4 heterocycles. The highest BCUT2D eigenvalue weighted by molar-refractivity contribution is 6.01. The minimum Gasteiger partial charge on any atom is -0.378 e. The summed E-state index contributed by atoms with van der Waals surface area (Å²) >= 11 is 0. The van der Waals surface area contributed by atoms with Crippen LogP contribution in [0.2, 0.25) is 0 Å². The van der Waals surface area contributed by atoms with Crippen LogP contribution in [0.3, 0.4) is 0 Å². The smallest absolute Gasteiger partial charge is 0.378 e. The molecule has 2 unspecified atom stereocenters. The van der Waals surface area contributed by atoms with E-state index in [0.717, 1.165) is 24.5 Å². The van der Waals surface area contributed by atoms with Crippen molar-refractivity contribution in [3.8, 4) is 0 Å². The zero-order chi connectivity index (χ0) is 82.5. The van der Waals surface area contributed by atoms with Crippen molar-refractivity contribution >= 4 is 70.9 Å². The predicted octanol–water partition coefficient (Wildman–Crippen LogP) is 6.59. The van der Waals surface area contributed by atoms with E-state index in [4.69, 9.17) is 9.47 Å². The van der Waals surface area contributed by atoms with Crippen LogP contribution in [-0.4, -0.2) is 301 Å². The van der Waals surface area contributed by atoms with Gasteiger partial charge in [0.25, 0.3) is 0 Å². The monoisotopic (exact) mass is 1590 g/mol. The van der Waals surface area contributed by atoms with Crippen LogP contribution in [0.1, 0.15) is 190 Å². The van der Waals surface area contributed by atoms with Crippen LogP contribution in [0, 0.1) is 41.4 Å². The largest absolute Gasteiger partial charge is 0.397 e. The first kappa shape index (κ1) is 91.2. The molecular weight excluding hydrogens is 1470 g/mol. The average molecular weight is 1590 g/mol. The highest BCUT2D eigenvalue weighted by Crippen LogP contribution is 2.46. The van der Waals surface area contributed by atoms with Crippen molar-refractivity contribution in [1.29, 1.82) is 0 Å². The lowest BCUT2D eigenvalue weighted by atomic mass is 9.74. The van der Waals surface area contributed by atoms with Crippen LogP contribution < -0.4 is 16.0 Å². The summed E-state index contributed by atoms with van der Waals surface area (Å²) < 4.78 is 127. The molecule has 12 atom stereocenters. The van der Waals surface area contributed by atoms with E-state index in [0.29, 0.717) is 44.9 Å². The first-order valence-electron chi connectivity index (χ1n) is 40.1. The Hall–Kier alpha value is -7.00. The van der Waals surface area contributed by atoms with Crippen molar-refractivity contribution in [2.75, 3.05) is 101 Å². The van der Waals surface area contributed by atoms with Gasteiger partial charge in [0, 0.05) is 81.5 Å². The number of alkyl halides is 8. The average Bonchev–Trinajstić information content (AvgIpc) is 1.66. The van der Waals surface area contributed by atoms with E-state index in [-0.39, 0.29) is 123 Å². The minimum absolute atomic E-state index is 0.00554. The summed E-state index contributed by atoms with van der Waals surface area (Å²) in [4.78, 5) is 193. The number of carbonyl (C=O) groups excluding carboxylic acids is 12. The van der Waals surface area contributed by atoms with Crippen molar-refractivity contribution < 1.29 is 102 Å². The number of likely N-dealkylation sites (N-methyl/N-ethyl adjacent to an activating group) is 6. The first-order chi connectivity index (χ1) is 52.1. The van der Waals surface area contributed by atoms with E-state index in [1.165, 1.54) is 61.9 Å². The Balaban J connectivity index is 1.34. The van der Waals surface area contributed by atoms with Crippen LogP contribution >= 0.6 is 0 Å². The standard InChI is InChI=1S/C77H122F8N12O14/c1-14-46(7)64-72(107)90(9)44-62(100)91(10)55-22-19-18-20-31-96(71(55)106)59(39-47-23-26-50(27-24-47)76(80,81)82)69(104)89(8)43-60(98)86-54(28-25-48-37-52(78)63(53(79)38-48)77(83,84)85)68(103)97-42-51(111-17-4)40-57(97)67(102)88-75(29-21-30-75)74(109)94(13)65(49(15-2)16-3)73(108)93(12)58(70(105)95-32-34-110-35-33-95)41-61(99)92(11)56(36-45(5)6)66(101)87-64/h45-59,63-65H,14-44H2,1-13H3,(H,86,98)(H,87,101)(H,88,102)/t46-,47?,48?,50?,51+,52?,53?,54-,55-,56-,57-,58-,59-,63?,64-,65-/m0/s1. The fraction of sp³-hybridized carbons (Fsp3) is 0.844. The van der Waals surface area contributed by atoms with E-state index in [9.17, 15) is 40.7 Å². The molecule has 12 amide bonds. The molecule has 0 radical (unpaired) electrons. The lowest BCUT2D eigenvalue weighted by Gasteiger charge is -2.47. The van der Waals surface area contributed by atoms with Gasteiger partial charge in [-0.25, -0.2) is 8.78 Å². The molecule has 630 valence electrons. The molecule has 3 saturated carbocycles. The highest BCUT2D eigenvalue weighted by Gasteiger charge is 2.56. The Morgan fingerprint density at radius 3 is 1.77 bits per heavy atom. The Morgan fingerprint density at radius 2 is 1.22 bits per heavy atom. The molecule has 3 N–H and O–H groups in total. The predicted molar refractivity (Wildman–Crippen MR) is 392 cm³/mol. The van der Waals surface area contributed by atoms with Crippen LogP contribution in [0.25, 0.3) is 0 Å². The quantitative estimate of drug-likeness (QED) is 0.146. The van der Waals surface area contributed by atoms with Crippen molar-refractivity contribution in [3.05, 3.63) is 0 Å². The van der Waals surface area contributed by atoms with Gasteiger partial charge in [-0.2, -0.15) is 26.3 Å². The molecule has 7 aliphatic rings. The lowest BCUT2D eigenvalue weighted by molar-refractivity contribution is -0.219. The van der Waals surface area contributed by atoms with Gasteiger partial charge in [0.15, 0.2) is 0 Å². The van der Waals surface area contributed by atoms with Crippen LogP contribution in [0.4, 0.5) is 35.1 Å². The molecular formula is C77H122F8N12O14. The van der Waals surface area contributed by atoms with Gasteiger partial charge in [0.2, 0.25) is 70.9 Å². The van der Waals surface area contributed by atoms with Crippen molar-refractivity contribution in [2.24, 2.45) is 41.4 Å². The fourth-order valence-electron chi connectivity index (χ4n) is 17.5. The summed E-state index contributed by atoms with van der Waals surface area (Å²) in [5.74, 6) is -17.1. The Morgan fingerprint density at radius 1 is 0.595 bits per heavy atom. The summed E-state index contributed by atoms with van der Waals surface area (Å²) in [6.45, 7) is 11.1. The molecule has 4 aliphatic heterocycles. The third kappa shape index (κ3) is 22.5. The Bertz CT molecular complexity index is 3230.